The number of carbonyl (C=O) groups is 4. The SMILES string of the molecule is CC[C@@H](C)C(NC(=O)OC)C(=O)N1[C@@H](C)CC[C@H]1c1nc2ccc3cc4c(cc3c2[nH]1)OCc1cc(-c2cnc([C@@H]3C[C@H](C)CN3C(=O)[C@@H](NC(=O)OC)[C@@H](C)OC)[nH]2)ccc1-4. The highest BCUT2D eigenvalue weighted by atomic mass is 16.5. The summed E-state index contributed by atoms with van der Waals surface area (Å²) in [5.74, 6) is 1.90. The Hall–Kier alpha value is -6.16. The maximum absolute atomic E-state index is 14.1. The number of hydrogen-bond acceptors (Lipinski definition) is 10. The van der Waals surface area contributed by atoms with Crippen LogP contribution in [0.1, 0.15) is 89.6 Å². The van der Waals surface area contributed by atoms with E-state index in [9.17, 15) is 19.2 Å². The topological polar surface area (TPSA) is 193 Å². The molecule has 328 valence electrons. The predicted octanol–water partition coefficient (Wildman–Crippen LogP) is 7.16. The van der Waals surface area contributed by atoms with Gasteiger partial charge in [0.15, 0.2) is 0 Å². The molecule has 4 amide bonds. The van der Waals surface area contributed by atoms with Crippen molar-refractivity contribution in [1.29, 1.82) is 0 Å². The number of amides is 4. The highest BCUT2D eigenvalue weighted by Crippen LogP contribution is 2.44. The van der Waals surface area contributed by atoms with Crippen LogP contribution in [0.5, 0.6) is 5.75 Å². The van der Waals surface area contributed by atoms with Crippen molar-refractivity contribution in [3.63, 3.8) is 0 Å². The van der Waals surface area contributed by atoms with Crippen LogP contribution in [-0.2, 0) is 30.4 Å². The fourth-order valence-electron chi connectivity index (χ4n) is 9.37. The van der Waals surface area contributed by atoms with Crippen LogP contribution >= 0.6 is 0 Å². The Labute approximate surface area is 360 Å². The molecule has 8 rings (SSSR count). The highest BCUT2D eigenvalue weighted by molar-refractivity contribution is 6.07. The van der Waals surface area contributed by atoms with Crippen molar-refractivity contribution in [2.45, 2.75) is 103 Å². The van der Waals surface area contributed by atoms with Crippen LogP contribution in [0.4, 0.5) is 9.59 Å². The van der Waals surface area contributed by atoms with Crippen molar-refractivity contribution < 1.29 is 38.1 Å². The molecule has 1 unspecified atom stereocenters. The number of rotatable bonds is 11. The Morgan fingerprint density at radius 3 is 2.37 bits per heavy atom. The van der Waals surface area contributed by atoms with Crippen LogP contribution in [0.15, 0.2) is 48.7 Å². The van der Waals surface area contributed by atoms with Crippen molar-refractivity contribution in [3.05, 3.63) is 65.9 Å². The van der Waals surface area contributed by atoms with E-state index in [1.807, 2.05) is 31.7 Å². The predicted molar refractivity (Wildman–Crippen MR) is 232 cm³/mol. The molecule has 16 nitrogen and oxygen atoms in total. The number of hydrogen-bond donors (Lipinski definition) is 4. The van der Waals surface area contributed by atoms with Crippen molar-refractivity contribution >= 4 is 45.8 Å². The van der Waals surface area contributed by atoms with E-state index in [4.69, 9.17) is 28.9 Å². The Bertz CT molecular complexity index is 2520. The summed E-state index contributed by atoms with van der Waals surface area (Å²) in [5.41, 5.74) is 6.52. The lowest BCUT2D eigenvalue weighted by Gasteiger charge is -2.33. The molecule has 3 aliphatic rings. The molecular formula is C46H56N8O8. The summed E-state index contributed by atoms with van der Waals surface area (Å²) in [4.78, 5) is 72.9. The van der Waals surface area contributed by atoms with Gasteiger partial charge in [0.2, 0.25) is 11.8 Å². The standard InChI is InChI=1S/C46H56N8O8/c1-9-24(3)38(51-45(57)60-7)44(56)54-25(4)10-15-35(54)42-48-33-14-12-27-18-32-30-13-11-28(17-29(30)22-62-37(32)19-31(27)40(33)50-42)34-20-47-41(49-34)36-16-23(2)21-53(36)43(55)39(26(5)59-6)52-46(58)61-8/h11-14,17-20,23-26,35-36,38-39H,9-10,15-16,21-22H2,1-8H3,(H,47,49)(H,48,50)(H,51,57)(H,52,58)/t23-,24+,25-,26+,35-,36-,38?,39-/m0/s1. The average Bonchev–Trinajstić information content (AvgIpc) is 4.11. The summed E-state index contributed by atoms with van der Waals surface area (Å²) in [6, 6.07) is 12.3. The minimum absolute atomic E-state index is 0.0292. The van der Waals surface area contributed by atoms with Gasteiger partial charge in [0.25, 0.3) is 0 Å². The zero-order chi connectivity index (χ0) is 44.0. The number of nitrogens with one attached hydrogen (secondary N) is 4. The van der Waals surface area contributed by atoms with Gasteiger partial charge in [-0.3, -0.25) is 9.59 Å². The molecule has 2 aromatic heterocycles. The van der Waals surface area contributed by atoms with E-state index < -0.39 is 30.4 Å². The van der Waals surface area contributed by atoms with Gasteiger partial charge in [-0.2, -0.15) is 0 Å². The summed E-state index contributed by atoms with van der Waals surface area (Å²) in [6.45, 7) is 10.7. The first-order chi connectivity index (χ1) is 29.8. The second-order valence-electron chi connectivity index (χ2n) is 17.1. The van der Waals surface area contributed by atoms with Crippen LogP contribution in [0.3, 0.4) is 0 Å². The van der Waals surface area contributed by atoms with Crippen molar-refractivity contribution in [1.82, 2.24) is 40.4 Å². The molecule has 16 heteroatoms. The van der Waals surface area contributed by atoms with Gasteiger partial charge in [-0.15, -0.1) is 0 Å². The lowest BCUT2D eigenvalue weighted by Crippen LogP contribution is -2.54. The Kier molecular flexibility index (Phi) is 11.9. The number of carbonyl (C=O) groups excluding carboxylic acids is 4. The largest absolute Gasteiger partial charge is 0.488 e. The second-order valence-corrected chi connectivity index (χ2v) is 17.1. The van der Waals surface area contributed by atoms with Crippen LogP contribution in [0.2, 0.25) is 0 Å². The van der Waals surface area contributed by atoms with E-state index in [2.05, 4.69) is 63.9 Å². The van der Waals surface area contributed by atoms with Gasteiger partial charge in [-0.1, -0.05) is 45.4 Å². The molecule has 4 N–H and O–H groups in total. The van der Waals surface area contributed by atoms with Crippen molar-refractivity contribution in [2.24, 2.45) is 11.8 Å². The third kappa shape index (κ3) is 7.80. The van der Waals surface area contributed by atoms with E-state index in [1.54, 1.807) is 18.0 Å². The molecule has 0 bridgehead atoms. The summed E-state index contributed by atoms with van der Waals surface area (Å²) in [5, 5.41) is 7.42. The molecule has 0 saturated carbocycles. The zero-order valence-electron chi connectivity index (χ0n) is 36.5. The third-order valence-electron chi connectivity index (χ3n) is 13.1. The summed E-state index contributed by atoms with van der Waals surface area (Å²) in [6.07, 6.45) is 2.89. The molecule has 0 spiro atoms. The maximum Gasteiger partial charge on any atom is 0.407 e. The Morgan fingerprint density at radius 2 is 1.65 bits per heavy atom. The zero-order valence-corrected chi connectivity index (χ0v) is 36.5. The monoisotopic (exact) mass is 848 g/mol. The molecular weight excluding hydrogens is 793 g/mol. The number of aromatic amines is 2. The van der Waals surface area contributed by atoms with Crippen LogP contribution in [0, 0.1) is 11.8 Å². The molecule has 5 heterocycles. The van der Waals surface area contributed by atoms with Gasteiger partial charge in [0, 0.05) is 30.6 Å². The molecule has 2 saturated heterocycles. The van der Waals surface area contributed by atoms with E-state index in [0.29, 0.717) is 37.6 Å². The molecule has 0 radical (unpaired) electrons. The number of ether oxygens (including phenoxy) is 4. The number of likely N-dealkylation sites (tertiary alicyclic amines) is 2. The number of methoxy groups -OCH3 is 3. The van der Waals surface area contributed by atoms with Crippen LogP contribution in [-0.4, -0.2) is 106 Å². The molecule has 62 heavy (non-hydrogen) atoms. The van der Waals surface area contributed by atoms with E-state index in [1.165, 1.54) is 21.3 Å². The molecule has 2 fully saturated rings. The van der Waals surface area contributed by atoms with Gasteiger partial charge < -0.3 is 49.3 Å². The average molecular weight is 849 g/mol. The molecule has 3 aliphatic heterocycles. The minimum atomic E-state index is -0.922. The van der Waals surface area contributed by atoms with E-state index in [-0.39, 0.29) is 41.8 Å². The molecule has 0 aliphatic carbocycles. The first kappa shape index (κ1) is 42.5. The molecule has 8 atom stereocenters. The number of benzene rings is 3. The lowest BCUT2D eigenvalue weighted by atomic mass is 9.92. The summed E-state index contributed by atoms with van der Waals surface area (Å²) >= 11 is 0. The van der Waals surface area contributed by atoms with Crippen LogP contribution < -0.4 is 15.4 Å². The first-order valence-corrected chi connectivity index (χ1v) is 21.5. The number of H-pyrrole nitrogens is 2. The van der Waals surface area contributed by atoms with E-state index in [0.717, 1.165) is 68.3 Å². The van der Waals surface area contributed by atoms with Gasteiger partial charge in [-0.05, 0) is 91.3 Å². The smallest absolute Gasteiger partial charge is 0.407 e. The Morgan fingerprint density at radius 1 is 0.887 bits per heavy atom. The van der Waals surface area contributed by atoms with Gasteiger partial charge in [-0.25, -0.2) is 19.6 Å². The van der Waals surface area contributed by atoms with Crippen molar-refractivity contribution in [3.8, 4) is 28.1 Å². The Balaban J connectivity index is 1.04. The highest BCUT2D eigenvalue weighted by Gasteiger charge is 2.43. The summed E-state index contributed by atoms with van der Waals surface area (Å²) in [7, 11) is 4.07. The minimum Gasteiger partial charge on any atom is -0.488 e. The quantitative estimate of drug-likeness (QED) is 0.106. The maximum atomic E-state index is 14.1. The normalized spacial score (nSPS) is 21.4. The number of fused-ring (bicyclic) bond motifs is 6. The second kappa shape index (κ2) is 17.3. The van der Waals surface area contributed by atoms with Gasteiger partial charge in [0.1, 0.15) is 36.1 Å². The first-order valence-electron chi connectivity index (χ1n) is 21.5. The van der Waals surface area contributed by atoms with Crippen LogP contribution in [0.25, 0.3) is 44.2 Å². The number of alkyl carbamates (subject to hydrolysis) is 2. The molecule has 5 aromatic rings. The van der Waals surface area contributed by atoms with E-state index >= 15 is 0 Å². The third-order valence-corrected chi connectivity index (χ3v) is 13.1. The number of imidazole rings is 2. The lowest BCUT2D eigenvalue weighted by molar-refractivity contribution is -0.138. The van der Waals surface area contributed by atoms with Crippen molar-refractivity contribution in [2.75, 3.05) is 27.9 Å². The molecule has 3 aromatic carbocycles. The number of aromatic nitrogens is 4. The fourth-order valence-corrected chi connectivity index (χ4v) is 9.37. The van der Waals surface area contributed by atoms with Gasteiger partial charge in [0.05, 0.1) is 55.3 Å². The van der Waals surface area contributed by atoms with Gasteiger partial charge >= 0.3 is 12.2 Å². The fraction of sp³-hybridized carbons (Fsp3) is 0.478. The number of nitrogens with zero attached hydrogens (tertiary/aromatic N) is 4. The summed E-state index contributed by atoms with van der Waals surface area (Å²) < 4.78 is 21.5.